The predicted molar refractivity (Wildman–Crippen MR) is 97.9 cm³/mol. The SMILES string of the molecule is CCCOc1ccc(NC(=O)C2(OCC)CCCC(C)C2)cc1Cl. The average Bonchev–Trinajstić information content (AvgIpc) is 2.54. The van der Waals surface area contributed by atoms with Crippen LogP contribution < -0.4 is 10.1 Å². The van der Waals surface area contributed by atoms with Gasteiger partial charge in [-0.1, -0.05) is 31.9 Å². The lowest BCUT2D eigenvalue weighted by Crippen LogP contribution is -2.48. The van der Waals surface area contributed by atoms with Gasteiger partial charge in [-0.2, -0.15) is 0 Å². The number of anilines is 1. The van der Waals surface area contributed by atoms with Crippen LogP contribution in [0.15, 0.2) is 18.2 Å². The molecule has 0 radical (unpaired) electrons. The van der Waals surface area contributed by atoms with Crippen molar-refractivity contribution in [3.8, 4) is 5.75 Å². The fourth-order valence-electron chi connectivity index (χ4n) is 3.33. The molecule has 0 spiro atoms. The Kier molecular flexibility index (Phi) is 6.93. The molecular weight excluding hydrogens is 326 g/mol. The Labute approximate surface area is 149 Å². The molecule has 1 aromatic carbocycles. The number of benzene rings is 1. The highest BCUT2D eigenvalue weighted by Crippen LogP contribution is 2.36. The van der Waals surface area contributed by atoms with Crippen LogP contribution in [0.4, 0.5) is 5.69 Å². The molecule has 1 aliphatic carbocycles. The number of ether oxygens (including phenoxy) is 2. The number of halogens is 1. The monoisotopic (exact) mass is 353 g/mol. The lowest BCUT2D eigenvalue weighted by molar-refractivity contribution is -0.147. The van der Waals surface area contributed by atoms with Crippen molar-refractivity contribution in [1.29, 1.82) is 0 Å². The van der Waals surface area contributed by atoms with Gasteiger partial charge in [-0.25, -0.2) is 0 Å². The third-order valence-electron chi connectivity index (χ3n) is 4.44. The zero-order chi connectivity index (χ0) is 17.6. The Bertz CT molecular complexity index is 560. The summed E-state index contributed by atoms with van der Waals surface area (Å²) in [6.07, 6.45) is 4.61. The second-order valence-electron chi connectivity index (χ2n) is 6.58. The molecule has 1 aliphatic rings. The van der Waals surface area contributed by atoms with Gasteiger partial charge in [0.2, 0.25) is 0 Å². The fourth-order valence-corrected chi connectivity index (χ4v) is 3.57. The molecule has 1 aromatic rings. The summed E-state index contributed by atoms with van der Waals surface area (Å²) in [4.78, 5) is 12.9. The third-order valence-corrected chi connectivity index (χ3v) is 4.74. The highest BCUT2D eigenvalue weighted by atomic mass is 35.5. The molecule has 1 N–H and O–H groups in total. The van der Waals surface area contributed by atoms with E-state index in [1.54, 1.807) is 12.1 Å². The second kappa shape index (κ2) is 8.72. The van der Waals surface area contributed by atoms with Crippen molar-refractivity contribution >= 4 is 23.2 Å². The first-order chi connectivity index (χ1) is 11.5. The average molecular weight is 354 g/mol. The molecule has 2 unspecified atom stereocenters. The smallest absolute Gasteiger partial charge is 0.256 e. The lowest BCUT2D eigenvalue weighted by atomic mass is 9.78. The highest BCUT2D eigenvalue weighted by molar-refractivity contribution is 6.32. The van der Waals surface area contributed by atoms with E-state index in [2.05, 4.69) is 12.2 Å². The highest BCUT2D eigenvalue weighted by Gasteiger charge is 2.42. The summed E-state index contributed by atoms with van der Waals surface area (Å²) in [6, 6.07) is 5.35. The number of hydrogen-bond acceptors (Lipinski definition) is 3. The Hall–Kier alpha value is -1.26. The predicted octanol–water partition coefficient (Wildman–Crippen LogP) is 5.05. The van der Waals surface area contributed by atoms with Gasteiger partial charge in [-0.3, -0.25) is 4.79 Å². The quantitative estimate of drug-likeness (QED) is 0.745. The molecule has 0 heterocycles. The van der Waals surface area contributed by atoms with Gasteiger partial charge >= 0.3 is 0 Å². The molecule has 24 heavy (non-hydrogen) atoms. The van der Waals surface area contributed by atoms with Gasteiger partial charge in [0.1, 0.15) is 11.4 Å². The van der Waals surface area contributed by atoms with Crippen molar-refractivity contribution in [1.82, 2.24) is 0 Å². The molecule has 134 valence electrons. The van der Waals surface area contributed by atoms with Crippen molar-refractivity contribution < 1.29 is 14.3 Å². The second-order valence-corrected chi connectivity index (χ2v) is 6.98. The van der Waals surface area contributed by atoms with Gasteiger partial charge in [0.25, 0.3) is 5.91 Å². The summed E-state index contributed by atoms with van der Waals surface area (Å²) in [6.45, 7) is 7.31. The van der Waals surface area contributed by atoms with Crippen LogP contribution in [0.5, 0.6) is 5.75 Å². The number of carbonyl (C=O) groups excluding carboxylic acids is 1. The van der Waals surface area contributed by atoms with Gasteiger partial charge < -0.3 is 14.8 Å². The summed E-state index contributed by atoms with van der Waals surface area (Å²) >= 11 is 6.25. The van der Waals surface area contributed by atoms with Crippen molar-refractivity contribution in [2.45, 2.75) is 58.5 Å². The zero-order valence-electron chi connectivity index (χ0n) is 14.9. The maximum absolute atomic E-state index is 12.9. The normalized spacial score (nSPS) is 23.8. The van der Waals surface area contributed by atoms with Crippen LogP contribution in [0.1, 0.15) is 52.9 Å². The topological polar surface area (TPSA) is 47.6 Å². The Morgan fingerprint density at radius 1 is 1.42 bits per heavy atom. The minimum Gasteiger partial charge on any atom is -0.492 e. The molecule has 1 fully saturated rings. The largest absolute Gasteiger partial charge is 0.492 e. The summed E-state index contributed by atoms with van der Waals surface area (Å²) in [5, 5.41) is 3.48. The van der Waals surface area contributed by atoms with Crippen LogP contribution >= 0.6 is 11.6 Å². The molecule has 0 saturated heterocycles. The molecule has 0 aliphatic heterocycles. The first kappa shape index (κ1) is 19.1. The standard InChI is InChI=1S/C19H28ClNO3/c1-4-11-23-17-9-8-15(12-16(17)20)21-18(22)19(24-5-2)10-6-7-14(3)13-19/h8-9,12,14H,4-7,10-11,13H2,1-3H3,(H,21,22). The molecule has 1 saturated carbocycles. The maximum atomic E-state index is 12.9. The van der Waals surface area contributed by atoms with Crippen LogP contribution in [0.3, 0.4) is 0 Å². The number of hydrogen-bond donors (Lipinski definition) is 1. The third kappa shape index (κ3) is 4.64. The Balaban J connectivity index is 2.10. The van der Waals surface area contributed by atoms with Crippen LogP contribution in [-0.4, -0.2) is 24.7 Å². The van der Waals surface area contributed by atoms with E-state index in [-0.39, 0.29) is 5.91 Å². The van der Waals surface area contributed by atoms with E-state index in [0.717, 1.165) is 32.1 Å². The molecule has 1 amide bonds. The molecule has 4 nitrogen and oxygen atoms in total. The minimum absolute atomic E-state index is 0.0748. The van der Waals surface area contributed by atoms with E-state index in [4.69, 9.17) is 21.1 Å². The minimum atomic E-state index is -0.726. The molecule has 5 heteroatoms. The van der Waals surface area contributed by atoms with E-state index < -0.39 is 5.60 Å². The molecule has 2 atom stereocenters. The maximum Gasteiger partial charge on any atom is 0.256 e. The van der Waals surface area contributed by atoms with Crippen molar-refractivity contribution in [2.75, 3.05) is 18.5 Å². The zero-order valence-corrected chi connectivity index (χ0v) is 15.6. The fraction of sp³-hybridized carbons (Fsp3) is 0.632. The van der Waals surface area contributed by atoms with Gasteiger partial charge in [-0.15, -0.1) is 0 Å². The molecular formula is C19H28ClNO3. The van der Waals surface area contributed by atoms with Gasteiger partial charge in [0.05, 0.1) is 11.6 Å². The van der Waals surface area contributed by atoms with Gasteiger partial charge in [-0.05, 0) is 56.7 Å². The van der Waals surface area contributed by atoms with E-state index in [0.29, 0.717) is 35.6 Å². The Morgan fingerprint density at radius 3 is 2.83 bits per heavy atom. The first-order valence-electron chi connectivity index (χ1n) is 8.88. The summed E-state index contributed by atoms with van der Waals surface area (Å²) in [5.74, 6) is 1.06. The van der Waals surface area contributed by atoms with Crippen molar-refractivity contribution in [3.05, 3.63) is 23.2 Å². The van der Waals surface area contributed by atoms with Crippen molar-refractivity contribution in [2.24, 2.45) is 5.92 Å². The summed E-state index contributed by atoms with van der Waals surface area (Å²) in [7, 11) is 0. The van der Waals surface area contributed by atoms with Crippen LogP contribution in [0, 0.1) is 5.92 Å². The van der Waals surface area contributed by atoms with E-state index in [1.165, 1.54) is 0 Å². The number of amides is 1. The van der Waals surface area contributed by atoms with E-state index in [1.807, 2.05) is 19.9 Å². The lowest BCUT2D eigenvalue weighted by Gasteiger charge is -2.38. The number of carbonyl (C=O) groups is 1. The summed E-state index contributed by atoms with van der Waals surface area (Å²) < 4.78 is 11.5. The van der Waals surface area contributed by atoms with Gasteiger partial charge in [0, 0.05) is 12.3 Å². The van der Waals surface area contributed by atoms with Crippen LogP contribution in [-0.2, 0) is 9.53 Å². The van der Waals surface area contributed by atoms with Crippen molar-refractivity contribution in [3.63, 3.8) is 0 Å². The number of rotatable bonds is 7. The first-order valence-corrected chi connectivity index (χ1v) is 9.26. The summed E-state index contributed by atoms with van der Waals surface area (Å²) in [5.41, 5.74) is -0.0536. The van der Waals surface area contributed by atoms with E-state index in [9.17, 15) is 4.79 Å². The van der Waals surface area contributed by atoms with E-state index >= 15 is 0 Å². The van der Waals surface area contributed by atoms with Crippen LogP contribution in [0.2, 0.25) is 5.02 Å². The Morgan fingerprint density at radius 2 is 2.21 bits per heavy atom. The molecule has 0 bridgehead atoms. The van der Waals surface area contributed by atoms with Crippen LogP contribution in [0.25, 0.3) is 0 Å². The molecule has 0 aromatic heterocycles. The molecule has 2 rings (SSSR count). The van der Waals surface area contributed by atoms with Gasteiger partial charge in [0.15, 0.2) is 0 Å². The number of nitrogens with one attached hydrogen (secondary N) is 1.